The molecular formula is C21H27N3O2. The topological polar surface area (TPSA) is 60.1 Å². The van der Waals surface area contributed by atoms with Crippen molar-refractivity contribution in [1.82, 2.24) is 14.1 Å². The Morgan fingerprint density at radius 2 is 1.88 bits per heavy atom. The number of pyridine rings is 1. The molecule has 0 saturated heterocycles. The second-order valence-corrected chi connectivity index (χ2v) is 8.28. The van der Waals surface area contributed by atoms with Gasteiger partial charge < -0.3 is 5.11 Å². The van der Waals surface area contributed by atoms with Crippen molar-refractivity contribution in [3.63, 3.8) is 0 Å². The summed E-state index contributed by atoms with van der Waals surface area (Å²) >= 11 is 0. The minimum Gasteiger partial charge on any atom is -0.389 e. The third kappa shape index (κ3) is 3.31. The zero-order valence-corrected chi connectivity index (χ0v) is 16.4. The number of aromatic nitrogens is 3. The van der Waals surface area contributed by atoms with Crippen LogP contribution in [0.15, 0.2) is 35.1 Å². The lowest BCUT2D eigenvalue weighted by molar-refractivity contribution is 0.199. The van der Waals surface area contributed by atoms with E-state index in [4.69, 9.17) is 4.98 Å². The van der Waals surface area contributed by atoms with Crippen LogP contribution in [0.4, 0.5) is 0 Å². The summed E-state index contributed by atoms with van der Waals surface area (Å²) in [7, 11) is 1.76. The van der Waals surface area contributed by atoms with Gasteiger partial charge in [0.05, 0.1) is 17.3 Å². The van der Waals surface area contributed by atoms with Crippen molar-refractivity contribution in [3.05, 3.63) is 51.9 Å². The Balaban J connectivity index is 2.19. The first-order chi connectivity index (χ1) is 12.1. The quantitative estimate of drug-likeness (QED) is 0.779. The summed E-state index contributed by atoms with van der Waals surface area (Å²) in [5.74, 6) is 0. The van der Waals surface area contributed by atoms with E-state index in [9.17, 15) is 9.90 Å². The Morgan fingerprint density at radius 1 is 1.19 bits per heavy atom. The number of hydrogen-bond donors (Lipinski definition) is 1. The van der Waals surface area contributed by atoms with Crippen molar-refractivity contribution >= 4 is 11.2 Å². The number of nitrogens with zero attached hydrogens (tertiary/aromatic N) is 3. The van der Waals surface area contributed by atoms with Gasteiger partial charge >= 0.3 is 5.69 Å². The fraction of sp³-hybridized carbons (Fsp3) is 0.429. The Morgan fingerprint density at radius 3 is 2.50 bits per heavy atom. The predicted octanol–water partition coefficient (Wildman–Crippen LogP) is 3.81. The second kappa shape index (κ2) is 6.40. The van der Waals surface area contributed by atoms with Gasteiger partial charge in [-0.2, -0.15) is 0 Å². The zero-order chi connectivity index (χ0) is 19.2. The Kier molecular flexibility index (Phi) is 4.53. The van der Waals surface area contributed by atoms with Gasteiger partial charge in [-0.05, 0) is 48.6 Å². The van der Waals surface area contributed by atoms with Crippen LogP contribution < -0.4 is 5.69 Å². The summed E-state index contributed by atoms with van der Waals surface area (Å²) in [6.45, 7) is 10.8. The molecule has 3 rings (SSSR count). The Bertz CT molecular complexity index is 1020. The fourth-order valence-corrected chi connectivity index (χ4v) is 3.23. The van der Waals surface area contributed by atoms with E-state index in [1.54, 1.807) is 23.1 Å². The van der Waals surface area contributed by atoms with Gasteiger partial charge in [0.25, 0.3) is 0 Å². The van der Waals surface area contributed by atoms with Crippen LogP contribution in [0.25, 0.3) is 22.4 Å². The molecule has 0 aliphatic rings. The highest BCUT2D eigenvalue weighted by molar-refractivity contribution is 5.77. The SMILES string of the molecule is Cc1ccc([C@H](C)O)cc1-c1ccc2c(n1)n(C)c(=O)n2CC(C)(C)C. The van der Waals surface area contributed by atoms with Crippen LogP contribution in [0.5, 0.6) is 0 Å². The molecule has 1 atom stereocenters. The molecule has 0 spiro atoms. The summed E-state index contributed by atoms with van der Waals surface area (Å²) < 4.78 is 3.41. The normalized spacial score (nSPS) is 13.3. The Labute approximate surface area is 153 Å². The average molecular weight is 353 g/mol. The molecule has 0 fully saturated rings. The van der Waals surface area contributed by atoms with Gasteiger partial charge in [0.15, 0.2) is 5.65 Å². The van der Waals surface area contributed by atoms with Crippen molar-refractivity contribution < 1.29 is 5.11 Å². The van der Waals surface area contributed by atoms with E-state index in [0.29, 0.717) is 12.2 Å². The van der Waals surface area contributed by atoms with E-state index >= 15 is 0 Å². The molecular weight excluding hydrogens is 326 g/mol. The molecule has 138 valence electrons. The molecule has 5 nitrogen and oxygen atoms in total. The van der Waals surface area contributed by atoms with Crippen molar-refractivity contribution in [3.8, 4) is 11.3 Å². The van der Waals surface area contributed by atoms with Gasteiger partial charge in [-0.15, -0.1) is 0 Å². The number of hydrogen-bond acceptors (Lipinski definition) is 3. The van der Waals surface area contributed by atoms with Crippen LogP contribution in [0.2, 0.25) is 0 Å². The molecule has 0 aliphatic carbocycles. The lowest BCUT2D eigenvalue weighted by Crippen LogP contribution is -2.27. The maximum absolute atomic E-state index is 12.7. The number of benzene rings is 1. The number of aliphatic hydroxyl groups is 1. The molecule has 0 radical (unpaired) electrons. The van der Waals surface area contributed by atoms with Gasteiger partial charge in [0.1, 0.15) is 0 Å². The third-order valence-corrected chi connectivity index (χ3v) is 4.63. The van der Waals surface area contributed by atoms with E-state index in [1.807, 2.05) is 37.3 Å². The molecule has 2 heterocycles. The molecule has 26 heavy (non-hydrogen) atoms. The summed E-state index contributed by atoms with van der Waals surface area (Å²) in [6.07, 6.45) is -0.532. The van der Waals surface area contributed by atoms with Crippen molar-refractivity contribution in [2.45, 2.75) is 47.3 Å². The first-order valence-corrected chi connectivity index (χ1v) is 8.94. The Hall–Kier alpha value is -2.40. The predicted molar refractivity (Wildman–Crippen MR) is 105 cm³/mol. The molecule has 1 aromatic carbocycles. The lowest BCUT2D eigenvalue weighted by atomic mass is 9.97. The van der Waals surface area contributed by atoms with Crippen molar-refractivity contribution in [2.75, 3.05) is 0 Å². The molecule has 3 aromatic rings. The van der Waals surface area contributed by atoms with Crippen LogP contribution in [-0.4, -0.2) is 19.2 Å². The van der Waals surface area contributed by atoms with Gasteiger partial charge in [-0.25, -0.2) is 9.78 Å². The molecule has 0 aliphatic heterocycles. The second-order valence-electron chi connectivity index (χ2n) is 8.28. The van der Waals surface area contributed by atoms with E-state index in [0.717, 1.165) is 27.9 Å². The number of fused-ring (bicyclic) bond motifs is 1. The van der Waals surface area contributed by atoms with Crippen LogP contribution in [0, 0.1) is 12.3 Å². The van der Waals surface area contributed by atoms with E-state index < -0.39 is 6.10 Å². The number of imidazole rings is 1. The summed E-state index contributed by atoms with van der Waals surface area (Å²) in [5.41, 5.74) is 5.20. The smallest absolute Gasteiger partial charge is 0.330 e. The highest BCUT2D eigenvalue weighted by Crippen LogP contribution is 2.27. The highest BCUT2D eigenvalue weighted by Gasteiger charge is 2.19. The average Bonchev–Trinajstić information content (AvgIpc) is 2.78. The van der Waals surface area contributed by atoms with Crippen LogP contribution in [0.3, 0.4) is 0 Å². The molecule has 0 bridgehead atoms. The fourth-order valence-electron chi connectivity index (χ4n) is 3.23. The number of aliphatic hydroxyl groups excluding tert-OH is 1. The minimum absolute atomic E-state index is 0.00103. The monoisotopic (exact) mass is 353 g/mol. The summed E-state index contributed by atoms with van der Waals surface area (Å²) in [4.78, 5) is 17.5. The maximum Gasteiger partial charge on any atom is 0.330 e. The molecule has 1 N–H and O–H groups in total. The first-order valence-electron chi connectivity index (χ1n) is 8.94. The van der Waals surface area contributed by atoms with Crippen molar-refractivity contribution in [1.29, 1.82) is 0 Å². The third-order valence-electron chi connectivity index (χ3n) is 4.63. The van der Waals surface area contributed by atoms with Gasteiger partial charge in [0, 0.05) is 19.2 Å². The zero-order valence-electron chi connectivity index (χ0n) is 16.4. The minimum atomic E-state index is -0.532. The molecule has 0 unspecified atom stereocenters. The maximum atomic E-state index is 12.7. The van der Waals surface area contributed by atoms with Crippen LogP contribution >= 0.6 is 0 Å². The van der Waals surface area contributed by atoms with Gasteiger partial charge in [-0.1, -0.05) is 32.9 Å². The first kappa shape index (κ1) is 18.4. The number of aryl methyl sites for hydroxylation is 2. The van der Waals surface area contributed by atoms with E-state index in [1.165, 1.54) is 0 Å². The summed E-state index contributed by atoms with van der Waals surface area (Å²) in [6, 6.07) is 9.82. The largest absolute Gasteiger partial charge is 0.389 e. The summed E-state index contributed by atoms with van der Waals surface area (Å²) in [5, 5.41) is 9.88. The van der Waals surface area contributed by atoms with E-state index in [2.05, 4.69) is 20.8 Å². The van der Waals surface area contributed by atoms with E-state index in [-0.39, 0.29) is 11.1 Å². The number of rotatable bonds is 3. The molecule has 5 heteroatoms. The van der Waals surface area contributed by atoms with Gasteiger partial charge in [-0.3, -0.25) is 9.13 Å². The lowest BCUT2D eigenvalue weighted by Gasteiger charge is -2.18. The molecule has 0 saturated carbocycles. The van der Waals surface area contributed by atoms with Crippen molar-refractivity contribution in [2.24, 2.45) is 12.5 Å². The van der Waals surface area contributed by atoms with Crippen LogP contribution in [-0.2, 0) is 13.6 Å². The highest BCUT2D eigenvalue weighted by atomic mass is 16.3. The van der Waals surface area contributed by atoms with Gasteiger partial charge in [0.2, 0.25) is 0 Å². The molecule has 2 aromatic heterocycles. The molecule has 0 amide bonds. The van der Waals surface area contributed by atoms with Crippen LogP contribution in [0.1, 0.15) is 44.9 Å². The standard InChI is InChI=1S/C21H27N3O2/c1-13-7-8-15(14(2)25)11-16(13)17-9-10-18-19(22-17)23(6)20(26)24(18)12-21(3,4)5/h7-11,14,25H,12H2,1-6H3/t14-/m0/s1.